The molecule has 1 amide bonds. The van der Waals surface area contributed by atoms with Crippen molar-refractivity contribution < 1.29 is 4.79 Å². The first-order valence-electron chi connectivity index (χ1n) is 9.95. The Morgan fingerprint density at radius 1 is 1.17 bits per heavy atom. The Morgan fingerprint density at radius 3 is 2.66 bits per heavy atom. The number of hydrogen-bond acceptors (Lipinski definition) is 5. The number of carbonyl (C=O) groups excluding carboxylic acids is 1. The van der Waals surface area contributed by atoms with Crippen molar-refractivity contribution in [2.45, 2.75) is 32.4 Å². The van der Waals surface area contributed by atoms with Gasteiger partial charge < -0.3 is 16.0 Å². The van der Waals surface area contributed by atoms with Crippen LogP contribution < -0.4 is 16.0 Å². The van der Waals surface area contributed by atoms with Gasteiger partial charge in [0.1, 0.15) is 0 Å². The number of amides is 1. The average Bonchev–Trinajstić information content (AvgIpc) is 3.19. The van der Waals surface area contributed by atoms with Crippen molar-refractivity contribution in [3.8, 4) is 5.82 Å². The van der Waals surface area contributed by atoms with Gasteiger partial charge in [-0.15, -0.1) is 0 Å². The summed E-state index contributed by atoms with van der Waals surface area (Å²) in [7, 11) is 0. The molecule has 0 spiro atoms. The summed E-state index contributed by atoms with van der Waals surface area (Å²) in [4.78, 5) is 19.5. The van der Waals surface area contributed by atoms with Crippen LogP contribution in [0.3, 0.4) is 0 Å². The number of aryl methyl sites for hydroxylation is 1. The molecule has 0 saturated carbocycles. The zero-order valence-corrected chi connectivity index (χ0v) is 16.6. The molecule has 3 N–H and O–H groups in total. The van der Waals surface area contributed by atoms with Crippen molar-refractivity contribution in [1.29, 1.82) is 0 Å². The van der Waals surface area contributed by atoms with Crippen LogP contribution in [0, 0.1) is 6.92 Å². The standard InChI is InChI=1S/C22H26N6O/c1-16-8-13-28(26-16)21-7-6-17(14-24-21)15-25-22(29)19-4-2-3-5-20(19)27-11-9-18(23)10-12-27/h2-8,13-14,18H,9-12,15,23H2,1H3,(H,25,29). The number of benzene rings is 1. The largest absolute Gasteiger partial charge is 0.371 e. The van der Waals surface area contributed by atoms with Crippen LogP contribution in [0.4, 0.5) is 5.69 Å². The third kappa shape index (κ3) is 4.46. The molecule has 0 radical (unpaired) electrons. The molecule has 1 aromatic carbocycles. The van der Waals surface area contributed by atoms with Crippen LogP contribution in [0.1, 0.15) is 34.5 Å². The van der Waals surface area contributed by atoms with Gasteiger partial charge in [0, 0.05) is 43.8 Å². The first-order chi connectivity index (χ1) is 14.1. The predicted molar refractivity (Wildman–Crippen MR) is 113 cm³/mol. The van der Waals surface area contributed by atoms with E-state index in [-0.39, 0.29) is 11.9 Å². The molecule has 3 heterocycles. The molecule has 0 atom stereocenters. The van der Waals surface area contributed by atoms with E-state index in [0.717, 1.165) is 48.7 Å². The number of aromatic nitrogens is 3. The second kappa shape index (κ2) is 8.45. The number of nitrogens with zero attached hydrogens (tertiary/aromatic N) is 4. The van der Waals surface area contributed by atoms with Crippen LogP contribution in [-0.4, -0.2) is 39.8 Å². The van der Waals surface area contributed by atoms with Gasteiger partial charge >= 0.3 is 0 Å². The highest BCUT2D eigenvalue weighted by atomic mass is 16.1. The van der Waals surface area contributed by atoms with E-state index >= 15 is 0 Å². The molecule has 1 aliphatic heterocycles. The Hall–Kier alpha value is -3.19. The Bertz CT molecular complexity index is 973. The molecular weight excluding hydrogens is 364 g/mol. The second-order valence-corrected chi connectivity index (χ2v) is 7.45. The normalized spacial score (nSPS) is 14.8. The van der Waals surface area contributed by atoms with Gasteiger partial charge in [-0.3, -0.25) is 4.79 Å². The van der Waals surface area contributed by atoms with Gasteiger partial charge in [-0.25, -0.2) is 9.67 Å². The van der Waals surface area contributed by atoms with Crippen molar-refractivity contribution in [3.63, 3.8) is 0 Å². The number of carbonyl (C=O) groups is 1. The van der Waals surface area contributed by atoms with E-state index in [2.05, 4.69) is 20.3 Å². The summed E-state index contributed by atoms with van der Waals surface area (Å²) in [5, 5.41) is 7.37. The minimum atomic E-state index is -0.0813. The monoisotopic (exact) mass is 390 g/mol. The van der Waals surface area contributed by atoms with Gasteiger partial charge in [-0.05, 0) is 49.6 Å². The van der Waals surface area contributed by atoms with Crippen LogP contribution in [-0.2, 0) is 6.54 Å². The lowest BCUT2D eigenvalue weighted by molar-refractivity contribution is 0.0951. The van der Waals surface area contributed by atoms with Crippen molar-refractivity contribution in [1.82, 2.24) is 20.1 Å². The molecular formula is C22H26N6O. The lowest BCUT2D eigenvalue weighted by atomic mass is 10.0. The van der Waals surface area contributed by atoms with Crippen molar-refractivity contribution in [2.24, 2.45) is 5.73 Å². The molecule has 4 rings (SSSR count). The van der Waals surface area contributed by atoms with Gasteiger partial charge in [0.05, 0.1) is 11.3 Å². The second-order valence-electron chi connectivity index (χ2n) is 7.45. The summed E-state index contributed by atoms with van der Waals surface area (Å²) in [5.41, 5.74) is 9.56. The molecule has 7 nitrogen and oxygen atoms in total. The van der Waals surface area contributed by atoms with Crippen molar-refractivity contribution in [3.05, 3.63) is 71.7 Å². The fourth-order valence-electron chi connectivity index (χ4n) is 3.56. The van der Waals surface area contributed by atoms with E-state index in [1.807, 2.05) is 55.6 Å². The van der Waals surface area contributed by atoms with E-state index in [9.17, 15) is 4.79 Å². The number of para-hydroxylation sites is 1. The highest BCUT2D eigenvalue weighted by Gasteiger charge is 2.20. The first kappa shape index (κ1) is 19.1. The Balaban J connectivity index is 1.41. The molecule has 1 saturated heterocycles. The van der Waals surface area contributed by atoms with Gasteiger partial charge in [-0.2, -0.15) is 5.10 Å². The van der Waals surface area contributed by atoms with E-state index in [1.165, 1.54) is 0 Å². The Kier molecular flexibility index (Phi) is 5.57. The van der Waals surface area contributed by atoms with Crippen LogP contribution in [0.5, 0.6) is 0 Å². The van der Waals surface area contributed by atoms with Crippen LogP contribution in [0.2, 0.25) is 0 Å². The minimum absolute atomic E-state index is 0.0813. The Morgan fingerprint density at radius 2 is 1.97 bits per heavy atom. The molecule has 0 aliphatic carbocycles. The summed E-state index contributed by atoms with van der Waals surface area (Å²) in [6.07, 6.45) is 5.54. The van der Waals surface area contributed by atoms with Gasteiger partial charge in [-0.1, -0.05) is 18.2 Å². The summed E-state index contributed by atoms with van der Waals surface area (Å²) in [6.45, 7) is 4.12. The number of nitrogens with one attached hydrogen (secondary N) is 1. The highest BCUT2D eigenvalue weighted by Crippen LogP contribution is 2.24. The topological polar surface area (TPSA) is 89.1 Å². The van der Waals surface area contributed by atoms with Crippen molar-refractivity contribution in [2.75, 3.05) is 18.0 Å². The quantitative estimate of drug-likeness (QED) is 0.698. The molecule has 29 heavy (non-hydrogen) atoms. The molecule has 1 fully saturated rings. The number of rotatable bonds is 5. The third-order valence-corrected chi connectivity index (χ3v) is 5.25. The fourth-order valence-corrected chi connectivity index (χ4v) is 3.56. The van der Waals surface area contributed by atoms with Gasteiger partial charge in [0.25, 0.3) is 5.91 Å². The zero-order chi connectivity index (χ0) is 20.2. The first-order valence-corrected chi connectivity index (χ1v) is 9.95. The maximum atomic E-state index is 12.8. The Labute approximate surface area is 170 Å². The van der Waals surface area contributed by atoms with Gasteiger partial charge in [0.2, 0.25) is 0 Å². The molecule has 2 aromatic heterocycles. The number of piperidine rings is 1. The van der Waals surface area contributed by atoms with E-state index in [4.69, 9.17) is 5.73 Å². The maximum absolute atomic E-state index is 12.8. The van der Waals surface area contributed by atoms with E-state index in [1.54, 1.807) is 10.9 Å². The van der Waals surface area contributed by atoms with Gasteiger partial charge in [0.15, 0.2) is 5.82 Å². The lowest BCUT2D eigenvalue weighted by Gasteiger charge is -2.33. The molecule has 1 aliphatic rings. The van der Waals surface area contributed by atoms with Crippen LogP contribution in [0.25, 0.3) is 5.82 Å². The average molecular weight is 390 g/mol. The molecule has 0 unspecified atom stereocenters. The molecule has 0 bridgehead atoms. The zero-order valence-electron chi connectivity index (χ0n) is 16.6. The summed E-state index contributed by atoms with van der Waals surface area (Å²) < 4.78 is 1.73. The summed E-state index contributed by atoms with van der Waals surface area (Å²) in [5.74, 6) is 0.670. The highest BCUT2D eigenvalue weighted by molar-refractivity contribution is 5.99. The smallest absolute Gasteiger partial charge is 0.253 e. The summed E-state index contributed by atoms with van der Waals surface area (Å²) >= 11 is 0. The summed E-state index contributed by atoms with van der Waals surface area (Å²) in [6, 6.07) is 13.8. The number of hydrogen-bond donors (Lipinski definition) is 2. The third-order valence-electron chi connectivity index (χ3n) is 5.25. The molecule has 150 valence electrons. The number of pyridine rings is 1. The number of anilines is 1. The molecule has 7 heteroatoms. The predicted octanol–water partition coefficient (Wildman–Crippen LogP) is 2.43. The number of nitrogens with two attached hydrogens (primary N) is 1. The SMILES string of the molecule is Cc1ccn(-c2ccc(CNC(=O)c3ccccc3N3CCC(N)CC3)cn2)n1. The van der Waals surface area contributed by atoms with Crippen LogP contribution in [0.15, 0.2) is 54.9 Å². The van der Waals surface area contributed by atoms with E-state index < -0.39 is 0 Å². The van der Waals surface area contributed by atoms with Crippen LogP contribution >= 0.6 is 0 Å². The molecule has 3 aromatic rings. The fraction of sp³-hybridized carbons (Fsp3) is 0.318. The minimum Gasteiger partial charge on any atom is -0.371 e. The lowest BCUT2D eigenvalue weighted by Crippen LogP contribution is -2.40. The van der Waals surface area contributed by atoms with Crippen molar-refractivity contribution >= 4 is 11.6 Å². The van der Waals surface area contributed by atoms with E-state index in [0.29, 0.717) is 12.1 Å². The maximum Gasteiger partial charge on any atom is 0.253 e.